The number of piperidine rings is 1. The van der Waals surface area contributed by atoms with Crippen molar-refractivity contribution in [1.29, 1.82) is 0 Å². The molecule has 2 amide bonds. The molecule has 0 bridgehead atoms. The number of nitrogens with zero attached hydrogens (tertiary/aromatic N) is 1. The van der Waals surface area contributed by atoms with Crippen LogP contribution < -0.4 is 10.1 Å². The normalized spacial score (nSPS) is 14.6. The second-order valence-corrected chi connectivity index (χ2v) is 6.56. The SMILES string of the molecule is O=C(Nc1ccccc1)C1CCN(C(=O)CCOc2ccc(F)cc2)CC1. The number of anilines is 1. The Kier molecular flexibility index (Phi) is 6.41. The van der Waals surface area contributed by atoms with Crippen LogP contribution in [0.1, 0.15) is 19.3 Å². The van der Waals surface area contributed by atoms with Gasteiger partial charge in [-0.3, -0.25) is 9.59 Å². The molecule has 2 aromatic rings. The van der Waals surface area contributed by atoms with Crippen molar-refractivity contribution in [3.05, 3.63) is 60.4 Å². The minimum Gasteiger partial charge on any atom is -0.493 e. The smallest absolute Gasteiger partial charge is 0.227 e. The molecule has 1 saturated heterocycles. The molecule has 142 valence electrons. The fourth-order valence-corrected chi connectivity index (χ4v) is 3.10. The van der Waals surface area contributed by atoms with Gasteiger partial charge in [0.25, 0.3) is 0 Å². The van der Waals surface area contributed by atoms with Crippen LogP contribution in [0.3, 0.4) is 0 Å². The van der Waals surface area contributed by atoms with E-state index in [0.29, 0.717) is 31.7 Å². The van der Waals surface area contributed by atoms with E-state index in [1.54, 1.807) is 4.90 Å². The third-order valence-electron chi connectivity index (χ3n) is 4.66. The second-order valence-electron chi connectivity index (χ2n) is 6.56. The molecular formula is C21H23FN2O3. The Labute approximate surface area is 158 Å². The van der Waals surface area contributed by atoms with E-state index in [2.05, 4.69) is 5.32 Å². The van der Waals surface area contributed by atoms with Gasteiger partial charge in [0.05, 0.1) is 13.0 Å². The second kappa shape index (κ2) is 9.16. The number of hydrogen-bond donors (Lipinski definition) is 1. The molecule has 0 aliphatic carbocycles. The van der Waals surface area contributed by atoms with E-state index in [1.165, 1.54) is 24.3 Å². The van der Waals surface area contributed by atoms with Gasteiger partial charge in [0, 0.05) is 24.7 Å². The molecule has 2 aromatic carbocycles. The number of para-hydroxylation sites is 1. The lowest BCUT2D eigenvalue weighted by Crippen LogP contribution is -2.41. The molecule has 1 N–H and O–H groups in total. The standard InChI is InChI=1S/C21H23FN2O3/c22-17-6-8-19(9-7-17)27-15-12-20(25)24-13-10-16(11-14-24)21(26)23-18-4-2-1-3-5-18/h1-9,16H,10-15H2,(H,23,26). The molecule has 3 rings (SSSR count). The summed E-state index contributed by atoms with van der Waals surface area (Å²) in [5, 5.41) is 2.92. The Balaban J connectivity index is 1.38. The van der Waals surface area contributed by atoms with Gasteiger partial charge < -0.3 is 15.0 Å². The van der Waals surface area contributed by atoms with Gasteiger partial charge in [-0.15, -0.1) is 0 Å². The van der Waals surface area contributed by atoms with Crippen LogP contribution in [0.25, 0.3) is 0 Å². The number of hydrogen-bond acceptors (Lipinski definition) is 3. The molecule has 0 atom stereocenters. The molecule has 6 heteroatoms. The molecule has 0 radical (unpaired) electrons. The number of likely N-dealkylation sites (tertiary alicyclic amines) is 1. The average Bonchev–Trinajstić information content (AvgIpc) is 2.70. The van der Waals surface area contributed by atoms with E-state index >= 15 is 0 Å². The van der Waals surface area contributed by atoms with Crippen LogP contribution in [0.2, 0.25) is 0 Å². The summed E-state index contributed by atoms with van der Waals surface area (Å²) in [6.07, 6.45) is 1.57. The number of halogens is 1. The van der Waals surface area contributed by atoms with E-state index in [-0.39, 0.29) is 36.6 Å². The Morgan fingerprint density at radius 1 is 1.04 bits per heavy atom. The number of rotatable bonds is 6. The number of ether oxygens (including phenoxy) is 1. The van der Waals surface area contributed by atoms with E-state index < -0.39 is 0 Å². The van der Waals surface area contributed by atoms with E-state index in [1.807, 2.05) is 30.3 Å². The van der Waals surface area contributed by atoms with Crippen LogP contribution in [0.5, 0.6) is 5.75 Å². The van der Waals surface area contributed by atoms with Gasteiger partial charge in [-0.2, -0.15) is 0 Å². The Hall–Kier alpha value is -2.89. The van der Waals surface area contributed by atoms with Crippen molar-refractivity contribution in [3.63, 3.8) is 0 Å². The summed E-state index contributed by atoms with van der Waals surface area (Å²) < 4.78 is 18.3. The van der Waals surface area contributed by atoms with E-state index in [0.717, 1.165) is 5.69 Å². The van der Waals surface area contributed by atoms with Crippen molar-refractivity contribution in [2.75, 3.05) is 25.0 Å². The third kappa shape index (κ3) is 5.54. The first-order valence-electron chi connectivity index (χ1n) is 9.14. The number of nitrogens with one attached hydrogen (secondary N) is 1. The minimum atomic E-state index is -0.322. The zero-order valence-electron chi connectivity index (χ0n) is 15.1. The molecule has 5 nitrogen and oxygen atoms in total. The molecule has 1 fully saturated rings. The topological polar surface area (TPSA) is 58.6 Å². The van der Waals surface area contributed by atoms with Gasteiger partial charge in [0.1, 0.15) is 11.6 Å². The van der Waals surface area contributed by atoms with Crippen molar-refractivity contribution in [3.8, 4) is 5.75 Å². The van der Waals surface area contributed by atoms with Crippen molar-refractivity contribution in [2.45, 2.75) is 19.3 Å². The van der Waals surface area contributed by atoms with Gasteiger partial charge >= 0.3 is 0 Å². The number of carbonyl (C=O) groups is 2. The minimum absolute atomic E-state index is 0.00735. The third-order valence-corrected chi connectivity index (χ3v) is 4.66. The predicted octanol–water partition coefficient (Wildman–Crippen LogP) is 3.47. The highest BCUT2D eigenvalue weighted by molar-refractivity contribution is 5.92. The highest BCUT2D eigenvalue weighted by Gasteiger charge is 2.27. The fourth-order valence-electron chi connectivity index (χ4n) is 3.10. The summed E-state index contributed by atoms with van der Waals surface area (Å²) in [5.74, 6) is 0.162. The van der Waals surface area contributed by atoms with E-state index in [9.17, 15) is 14.0 Å². The Bertz CT molecular complexity index is 757. The first kappa shape index (κ1) is 18.9. The van der Waals surface area contributed by atoms with Crippen LogP contribution in [-0.2, 0) is 9.59 Å². The molecule has 0 aromatic heterocycles. The van der Waals surface area contributed by atoms with Crippen molar-refractivity contribution in [2.24, 2.45) is 5.92 Å². The zero-order chi connectivity index (χ0) is 19.1. The van der Waals surface area contributed by atoms with Gasteiger partial charge in [0.2, 0.25) is 11.8 Å². The summed E-state index contributed by atoms with van der Waals surface area (Å²) in [4.78, 5) is 26.4. The van der Waals surface area contributed by atoms with Crippen LogP contribution in [0.15, 0.2) is 54.6 Å². The summed E-state index contributed by atoms with van der Waals surface area (Å²) in [6, 6.07) is 15.1. The molecule has 0 unspecified atom stereocenters. The number of amides is 2. The summed E-state index contributed by atoms with van der Waals surface area (Å²) in [5.41, 5.74) is 0.791. The largest absolute Gasteiger partial charge is 0.493 e. The molecule has 0 spiro atoms. The highest BCUT2D eigenvalue weighted by atomic mass is 19.1. The zero-order valence-corrected chi connectivity index (χ0v) is 15.1. The lowest BCUT2D eigenvalue weighted by atomic mass is 9.95. The lowest BCUT2D eigenvalue weighted by Gasteiger charge is -2.31. The maximum atomic E-state index is 12.8. The highest BCUT2D eigenvalue weighted by Crippen LogP contribution is 2.20. The van der Waals surface area contributed by atoms with E-state index in [4.69, 9.17) is 4.74 Å². The van der Waals surface area contributed by atoms with Gasteiger partial charge in [-0.1, -0.05) is 18.2 Å². The van der Waals surface area contributed by atoms with Crippen LogP contribution >= 0.6 is 0 Å². The first-order chi connectivity index (χ1) is 13.1. The molecular weight excluding hydrogens is 347 g/mol. The lowest BCUT2D eigenvalue weighted by molar-refractivity contribution is -0.135. The van der Waals surface area contributed by atoms with Crippen molar-refractivity contribution in [1.82, 2.24) is 4.90 Å². The Morgan fingerprint density at radius 2 is 1.70 bits per heavy atom. The van der Waals surface area contributed by atoms with Crippen LogP contribution in [0.4, 0.5) is 10.1 Å². The molecule has 1 aliphatic heterocycles. The molecule has 27 heavy (non-hydrogen) atoms. The average molecular weight is 370 g/mol. The summed E-state index contributed by atoms with van der Waals surface area (Å²) in [7, 11) is 0. The maximum absolute atomic E-state index is 12.8. The first-order valence-corrected chi connectivity index (χ1v) is 9.14. The molecule has 0 saturated carbocycles. The number of carbonyl (C=O) groups excluding carboxylic acids is 2. The quantitative estimate of drug-likeness (QED) is 0.847. The maximum Gasteiger partial charge on any atom is 0.227 e. The summed E-state index contributed by atoms with van der Waals surface area (Å²) in [6.45, 7) is 1.39. The van der Waals surface area contributed by atoms with Crippen LogP contribution in [0, 0.1) is 11.7 Å². The van der Waals surface area contributed by atoms with Crippen molar-refractivity contribution < 1.29 is 18.7 Å². The molecule has 1 heterocycles. The van der Waals surface area contributed by atoms with Gasteiger partial charge in [-0.25, -0.2) is 4.39 Å². The fraction of sp³-hybridized carbons (Fsp3) is 0.333. The summed E-state index contributed by atoms with van der Waals surface area (Å²) >= 11 is 0. The monoisotopic (exact) mass is 370 g/mol. The Morgan fingerprint density at radius 3 is 2.37 bits per heavy atom. The van der Waals surface area contributed by atoms with Gasteiger partial charge in [0.15, 0.2) is 0 Å². The predicted molar refractivity (Wildman–Crippen MR) is 101 cm³/mol. The van der Waals surface area contributed by atoms with Crippen LogP contribution in [-0.4, -0.2) is 36.4 Å². The van der Waals surface area contributed by atoms with Gasteiger partial charge in [-0.05, 0) is 49.2 Å². The molecule has 1 aliphatic rings. The van der Waals surface area contributed by atoms with Crippen molar-refractivity contribution >= 4 is 17.5 Å². The number of benzene rings is 2.